The molecule has 0 fully saturated rings. The highest BCUT2D eigenvalue weighted by atomic mass is 33.1. The summed E-state index contributed by atoms with van der Waals surface area (Å²) in [7, 11) is 3.68. The van der Waals surface area contributed by atoms with Crippen molar-refractivity contribution in [3.05, 3.63) is 0 Å². The Morgan fingerprint density at radius 3 is 2.62 bits per heavy atom. The molecule has 0 bridgehead atoms. The standard InChI is InChI=1S/C6H10S2/c1-3-5-6-8-7-4-2/h4,6H2,1-2H3. The molecule has 0 aliphatic carbocycles. The lowest BCUT2D eigenvalue weighted by atomic mass is 10.7. The van der Waals surface area contributed by atoms with Crippen molar-refractivity contribution in [1.82, 2.24) is 0 Å². The summed E-state index contributed by atoms with van der Waals surface area (Å²) in [6.07, 6.45) is 0. The molecule has 0 aliphatic heterocycles. The monoisotopic (exact) mass is 146 g/mol. The van der Waals surface area contributed by atoms with E-state index in [1.54, 1.807) is 0 Å². The SMILES string of the molecule is CC#CCSSCC. The predicted molar refractivity (Wildman–Crippen MR) is 44.0 cm³/mol. The van der Waals surface area contributed by atoms with E-state index in [1.807, 2.05) is 28.5 Å². The highest BCUT2D eigenvalue weighted by molar-refractivity contribution is 8.76. The zero-order valence-electron chi connectivity index (χ0n) is 5.23. The van der Waals surface area contributed by atoms with Gasteiger partial charge in [0.05, 0.1) is 5.75 Å². The van der Waals surface area contributed by atoms with Crippen LogP contribution in [0.25, 0.3) is 0 Å². The van der Waals surface area contributed by atoms with Gasteiger partial charge in [0, 0.05) is 5.75 Å². The van der Waals surface area contributed by atoms with Gasteiger partial charge in [0.15, 0.2) is 0 Å². The summed E-state index contributed by atoms with van der Waals surface area (Å²) in [4.78, 5) is 0. The van der Waals surface area contributed by atoms with E-state index in [1.165, 1.54) is 5.75 Å². The van der Waals surface area contributed by atoms with Crippen LogP contribution >= 0.6 is 21.6 Å². The molecule has 0 atom stereocenters. The molecule has 0 aliphatic rings. The summed E-state index contributed by atoms with van der Waals surface area (Å²) in [5.74, 6) is 7.96. The maximum atomic E-state index is 2.98. The third kappa shape index (κ3) is 6.26. The Hall–Kier alpha value is 0.260. The average Bonchev–Trinajstić information content (AvgIpc) is 1.81. The van der Waals surface area contributed by atoms with Crippen molar-refractivity contribution in [2.24, 2.45) is 0 Å². The minimum absolute atomic E-state index is 0.967. The molecule has 0 aromatic rings. The second-order valence-electron chi connectivity index (χ2n) is 1.10. The van der Waals surface area contributed by atoms with E-state index in [2.05, 4.69) is 18.8 Å². The number of hydrogen-bond donors (Lipinski definition) is 0. The maximum Gasteiger partial charge on any atom is 0.0651 e. The van der Waals surface area contributed by atoms with Gasteiger partial charge in [-0.3, -0.25) is 0 Å². The van der Waals surface area contributed by atoms with Crippen LogP contribution in [-0.4, -0.2) is 11.5 Å². The molecule has 0 saturated heterocycles. The van der Waals surface area contributed by atoms with Crippen LogP contribution in [0, 0.1) is 11.8 Å². The van der Waals surface area contributed by atoms with Gasteiger partial charge < -0.3 is 0 Å². The van der Waals surface area contributed by atoms with Crippen LogP contribution in [0.4, 0.5) is 0 Å². The number of rotatable bonds is 3. The van der Waals surface area contributed by atoms with E-state index in [4.69, 9.17) is 0 Å². The molecule has 0 aromatic carbocycles. The highest BCUT2D eigenvalue weighted by Gasteiger charge is 1.78. The van der Waals surface area contributed by atoms with Gasteiger partial charge in [-0.1, -0.05) is 34.4 Å². The van der Waals surface area contributed by atoms with Gasteiger partial charge in [0.2, 0.25) is 0 Å². The summed E-state index contributed by atoms with van der Waals surface area (Å²) in [5.41, 5.74) is 0. The molecule has 0 spiro atoms. The van der Waals surface area contributed by atoms with Crippen LogP contribution in [0.2, 0.25) is 0 Å². The second-order valence-corrected chi connectivity index (χ2v) is 3.85. The molecule has 8 heavy (non-hydrogen) atoms. The first-order valence-corrected chi connectivity index (χ1v) is 5.04. The maximum absolute atomic E-state index is 2.98. The number of hydrogen-bond acceptors (Lipinski definition) is 2. The lowest BCUT2D eigenvalue weighted by Crippen LogP contribution is -1.65. The molecule has 0 heterocycles. The predicted octanol–water partition coefficient (Wildman–Crippen LogP) is 2.41. The summed E-state index contributed by atoms with van der Waals surface area (Å²) in [5, 5.41) is 0. The minimum atomic E-state index is 0.967. The van der Waals surface area contributed by atoms with Gasteiger partial charge in [-0.15, -0.1) is 5.92 Å². The quantitative estimate of drug-likeness (QED) is 0.341. The van der Waals surface area contributed by atoms with E-state index in [-0.39, 0.29) is 0 Å². The summed E-state index contributed by atoms with van der Waals surface area (Å²) >= 11 is 0. The second kappa shape index (κ2) is 7.26. The van der Waals surface area contributed by atoms with Crippen molar-refractivity contribution in [1.29, 1.82) is 0 Å². The first-order chi connectivity index (χ1) is 3.91. The molecule has 46 valence electrons. The topological polar surface area (TPSA) is 0 Å². The third-order valence-electron chi connectivity index (χ3n) is 0.509. The Morgan fingerprint density at radius 1 is 1.38 bits per heavy atom. The van der Waals surface area contributed by atoms with Crippen molar-refractivity contribution in [3.63, 3.8) is 0 Å². The molecule has 0 saturated carbocycles. The first-order valence-electron chi connectivity index (χ1n) is 2.55. The highest BCUT2D eigenvalue weighted by Crippen LogP contribution is 2.18. The molecule has 0 nitrogen and oxygen atoms in total. The fourth-order valence-corrected chi connectivity index (χ4v) is 1.61. The molecule has 0 rings (SSSR count). The Labute approximate surface area is 59.2 Å². The van der Waals surface area contributed by atoms with E-state index < -0.39 is 0 Å². The van der Waals surface area contributed by atoms with Crippen LogP contribution < -0.4 is 0 Å². The van der Waals surface area contributed by atoms with Crippen LogP contribution in [0.5, 0.6) is 0 Å². The van der Waals surface area contributed by atoms with Crippen LogP contribution in [0.1, 0.15) is 13.8 Å². The molecule has 0 amide bonds. The van der Waals surface area contributed by atoms with Crippen LogP contribution in [0.3, 0.4) is 0 Å². The summed E-state index contributed by atoms with van der Waals surface area (Å²) < 4.78 is 0. The van der Waals surface area contributed by atoms with Crippen molar-refractivity contribution >= 4 is 21.6 Å². The Kier molecular flexibility index (Phi) is 7.50. The lowest BCUT2D eigenvalue weighted by Gasteiger charge is -1.86. The molecule has 0 N–H and O–H groups in total. The Balaban J connectivity index is 2.79. The molecular weight excluding hydrogens is 136 g/mol. The van der Waals surface area contributed by atoms with Crippen molar-refractivity contribution in [2.45, 2.75) is 13.8 Å². The van der Waals surface area contributed by atoms with Gasteiger partial charge in [-0.05, 0) is 6.92 Å². The fraction of sp³-hybridized carbons (Fsp3) is 0.667. The van der Waals surface area contributed by atoms with Gasteiger partial charge in [-0.25, -0.2) is 0 Å². The average molecular weight is 146 g/mol. The minimum Gasteiger partial charge on any atom is -0.106 e. The Morgan fingerprint density at radius 2 is 2.12 bits per heavy atom. The molecule has 2 heteroatoms. The summed E-state index contributed by atoms with van der Waals surface area (Å²) in [6.45, 7) is 4.02. The molecule has 0 unspecified atom stereocenters. The molecule has 0 radical (unpaired) electrons. The van der Waals surface area contributed by atoms with Crippen molar-refractivity contribution < 1.29 is 0 Å². The molecule has 0 aromatic heterocycles. The zero-order valence-corrected chi connectivity index (χ0v) is 6.86. The van der Waals surface area contributed by atoms with E-state index >= 15 is 0 Å². The van der Waals surface area contributed by atoms with Crippen LogP contribution in [0.15, 0.2) is 0 Å². The normalized spacial score (nSPS) is 7.75. The summed E-state index contributed by atoms with van der Waals surface area (Å²) in [6, 6.07) is 0. The first kappa shape index (κ1) is 8.26. The van der Waals surface area contributed by atoms with Crippen molar-refractivity contribution in [3.8, 4) is 11.8 Å². The zero-order chi connectivity index (χ0) is 6.24. The fourth-order valence-electron chi connectivity index (χ4n) is 0.227. The van der Waals surface area contributed by atoms with Gasteiger partial charge in [-0.2, -0.15) is 0 Å². The van der Waals surface area contributed by atoms with E-state index in [0.29, 0.717) is 0 Å². The Bertz CT molecular complexity index is 88.4. The third-order valence-corrected chi connectivity index (χ3v) is 2.73. The lowest BCUT2D eigenvalue weighted by molar-refractivity contribution is 1.54. The van der Waals surface area contributed by atoms with E-state index in [9.17, 15) is 0 Å². The largest absolute Gasteiger partial charge is 0.106 e. The van der Waals surface area contributed by atoms with Gasteiger partial charge >= 0.3 is 0 Å². The molecular formula is C6H10S2. The van der Waals surface area contributed by atoms with Crippen LogP contribution in [-0.2, 0) is 0 Å². The van der Waals surface area contributed by atoms with Gasteiger partial charge in [0.25, 0.3) is 0 Å². The van der Waals surface area contributed by atoms with E-state index in [0.717, 1.165) is 5.75 Å². The van der Waals surface area contributed by atoms with Crippen molar-refractivity contribution in [2.75, 3.05) is 11.5 Å². The smallest absolute Gasteiger partial charge is 0.0651 e. The van der Waals surface area contributed by atoms with Gasteiger partial charge in [0.1, 0.15) is 0 Å².